The molecular formula is C10H12N2S. The van der Waals surface area contributed by atoms with Crippen LogP contribution in [0, 0.1) is 0 Å². The highest BCUT2D eigenvalue weighted by atomic mass is 32.1. The Kier molecular flexibility index (Phi) is 2.31. The maximum atomic E-state index is 5.89. The van der Waals surface area contributed by atoms with E-state index >= 15 is 0 Å². The van der Waals surface area contributed by atoms with E-state index in [1.54, 1.807) is 11.3 Å². The first-order chi connectivity index (χ1) is 6.33. The average molecular weight is 192 g/mol. The third-order valence-electron chi connectivity index (χ3n) is 2.16. The van der Waals surface area contributed by atoms with Crippen molar-refractivity contribution in [1.29, 1.82) is 0 Å². The summed E-state index contributed by atoms with van der Waals surface area (Å²) in [7, 11) is 0. The molecule has 0 radical (unpaired) electrons. The SMILES string of the molecule is NC[C@@H](N)c1csc2ccccc12. The van der Waals surface area contributed by atoms with Gasteiger partial charge in [0.15, 0.2) is 0 Å². The van der Waals surface area contributed by atoms with Crippen LogP contribution in [0.2, 0.25) is 0 Å². The second kappa shape index (κ2) is 3.46. The maximum absolute atomic E-state index is 5.89. The highest BCUT2D eigenvalue weighted by Gasteiger charge is 2.08. The van der Waals surface area contributed by atoms with Crippen molar-refractivity contribution in [3.8, 4) is 0 Å². The van der Waals surface area contributed by atoms with Crippen LogP contribution in [0.1, 0.15) is 11.6 Å². The van der Waals surface area contributed by atoms with Crippen LogP contribution >= 0.6 is 11.3 Å². The van der Waals surface area contributed by atoms with Crippen molar-refractivity contribution < 1.29 is 0 Å². The lowest BCUT2D eigenvalue weighted by atomic mass is 10.1. The van der Waals surface area contributed by atoms with Crippen LogP contribution in [0.4, 0.5) is 0 Å². The number of rotatable bonds is 2. The van der Waals surface area contributed by atoms with Gasteiger partial charge in [0, 0.05) is 17.3 Å². The van der Waals surface area contributed by atoms with Crippen LogP contribution in [0.15, 0.2) is 29.6 Å². The lowest BCUT2D eigenvalue weighted by Crippen LogP contribution is -2.20. The second-order valence-corrected chi connectivity index (χ2v) is 3.94. The molecule has 0 aliphatic rings. The molecular weight excluding hydrogens is 180 g/mol. The van der Waals surface area contributed by atoms with Gasteiger partial charge in [-0.3, -0.25) is 0 Å². The Morgan fingerprint density at radius 1 is 1.31 bits per heavy atom. The summed E-state index contributed by atoms with van der Waals surface area (Å²) in [5.41, 5.74) is 12.6. The van der Waals surface area contributed by atoms with E-state index in [4.69, 9.17) is 11.5 Å². The minimum Gasteiger partial charge on any atom is -0.329 e. The fourth-order valence-electron chi connectivity index (χ4n) is 1.41. The lowest BCUT2D eigenvalue weighted by molar-refractivity contribution is 0.745. The van der Waals surface area contributed by atoms with Gasteiger partial charge in [0.2, 0.25) is 0 Å². The third-order valence-corrected chi connectivity index (χ3v) is 3.15. The van der Waals surface area contributed by atoms with Crippen molar-refractivity contribution in [2.24, 2.45) is 11.5 Å². The Morgan fingerprint density at radius 2 is 2.08 bits per heavy atom. The number of fused-ring (bicyclic) bond motifs is 1. The van der Waals surface area contributed by atoms with Crippen LogP contribution in [0.25, 0.3) is 10.1 Å². The predicted octanol–water partition coefficient (Wildman–Crippen LogP) is 1.86. The molecule has 0 aliphatic carbocycles. The minimum atomic E-state index is -0.0313. The number of benzene rings is 1. The largest absolute Gasteiger partial charge is 0.329 e. The van der Waals surface area contributed by atoms with Crippen LogP contribution in [-0.2, 0) is 0 Å². The molecule has 0 saturated carbocycles. The van der Waals surface area contributed by atoms with E-state index < -0.39 is 0 Å². The Bertz CT molecular complexity index is 408. The average Bonchev–Trinajstić information content (AvgIpc) is 2.60. The first kappa shape index (κ1) is 8.69. The van der Waals surface area contributed by atoms with Gasteiger partial charge in [0.25, 0.3) is 0 Å². The summed E-state index contributed by atoms with van der Waals surface area (Å²) in [6, 6.07) is 8.23. The van der Waals surface area contributed by atoms with Gasteiger partial charge in [0.05, 0.1) is 0 Å². The zero-order valence-electron chi connectivity index (χ0n) is 7.23. The van der Waals surface area contributed by atoms with Crippen molar-refractivity contribution in [3.63, 3.8) is 0 Å². The smallest absolute Gasteiger partial charge is 0.0434 e. The number of hydrogen-bond donors (Lipinski definition) is 2. The minimum absolute atomic E-state index is 0.0313. The molecule has 3 heteroatoms. The Hall–Kier alpha value is -0.900. The molecule has 2 rings (SSSR count). The zero-order chi connectivity index (χ0) is 9.26. The topological polar surface area (TPSA) is 52.0 Å². The van der Waals surface area contributed by atoms with E-state index in [2.05, 4.69) is 17.5 Å². The van der Waals surface area contributed by atoms with Crippen LogP contribution in [0.3, 0.4) is 0 Å². The molecule has 2 aromatic rings. The summed E-state index contributed by atoms with van der Waals surface area (Å²) in [6.07, 6.45) is 0. The molecule has 68 valence electrons. The molecule has 13 heavy (non-hydrogen) atoms. The molecule has 0 fully saturated rings. The lowest BCUT2D eigenvalue weighted by Gasteiger charge is -2.06. The summed E-state index contributed by atoms with van der Waals surface area (Å²) < 4.78 is 1.28. The van der Waals surface area contributed by atoms with E-state index in [0.717, 1.165) is 0 Å². The maximum Gasteiger partial charge on any atom is 0.0434 e. The van der Waals surface area contributed by atoms with E-state index in [9.17, 15) is 0 Å². The molecule has 2 nitrogen and oxygen atoms in total. The van der Waals surface area contributed by atoms with Crippen molar-refractivity contribution in [2.45, 2.75) is 6.04 Å². The zero-order valence-corrected chi connectivity index (χ0v) is 8.05. The number of nitrogens with two attached hydrogens (primary N) is 2. The molecule has 1 atom stereocenters. The van der Waals surface area contributed by atoms with Crippen LogP contribution in [0.5, 0.6) is 0 Å². The fourth-order valence-corrected chi connectivity index (χ4v) is 2.44. The van der Waals surface area contributed by atoms with Crippen molar-refractivity contribution in [2.75, 3.05) is 6.54 Å². The third kappa shape index (κ3) is 1.46. The monoisotopic (exact) mass is 192 g/mol. The van der Waals surface area contributed by atoms with E-state index in [-0.39, 0.29) is 6.04 Å². The van der Waals surface area contributed by atoms with Gasteiger partial charge >= 0.3 is 0 Å². The van der Waals surface area contributed by atoms with Crippen LogP contribution in [-0.4, -0.2) is 6.54 Å². The van der Waals surface area contributed by atoms with Gasteiger partial charge in [-0.25, -0.2) is 0 Å². The summed E-state index contributed by atoms with van der Waals surface area (Å²) in [6.45, 7) is 0.501. The second-order valence-electron chi connectivity index (χ2n) is 3.03. The van der Waals surface area contributed by atoms with E-state index in [1.165, 1.54) is 15.6 Å². The quantitative estimate of drug-likeness (QED) is 0.763. The highest BCUT2D eigenvalue weighted by molar-refractivity contribution is 7.17. The first-order valence-electron chi connectivity index (χ1n) is 4.24. The Labute approximate surface area is 81.2 Å². The molecule has 1 heterocycles. The first-order valence-corrected chi connectivity index (χ1v) is 5.12. The predicted molar refractivity (Wildman–Crippen MR) is 57.8 cm³/mol. The normalized spacial score (nSPS) is 13.4. The van der Waals surface area contributed by atoms with Gasteiger partial charge in [-0.1, -0.05) is 18.2 Å². The van der Waals surface area contributed by atoms with Crippen molar-refractivity contribution >= 4 is 21.4 Å². The Morgan fingerprint density at radius 3 is 2.85 bits per heavy atom. The highest BCUT2D eigenvalue weighted by Crippen LogP contribution is 2.28. The van der Waals surface area contributed by atoms with Crippen molar-refractivity contribution in [3.05, 3.63) is 35.2 Å². The summed E-state index contributed by atoms with van der Waals surface area (Å²) in [5, 5.41) is 3.34. The summed E-state index contributed by atoms with van der Waals surface area (Å²) in [5.74, 6) is 0. The van der Waals surface area contributed by atoms with Crippen LogP contribution < -0.4 is 11.5 Å². The van der Waals surface area contributed by atoms with E-state index in [0.29, 0.717) is 6.54 Å². The molecule has 0 bridgehead atoms. The molecule has 1 aromatic heterocycles. The van der Waals surface area contributed by atoms with Gasteiger partial charge in [-0.15, -0.1) is 11.3 Å². The summed E-state index contributed by atoms with van der Waals surface area (Å²) >= 11 is 1.72. The molecule has 0 aliphatic heterocycles. The standard InChI is InChI=1S/C10H12N2S/c11-5-9(12)8-6-13-10-4-2-1-3-7(8)10/h1-4,6,9H,5,11-12H2/t9-/m1/s1. The molecule has 1 aromatic carbocycles. The summed E-state index contributed by atoms with van der Waals surface area (Å²) in [4.78, 5) is 0. The molecule has 0 saturated heterocycles. The Balaban J connectivity index is 2.57. The fraction of sp³-hybridized carbons (Fsp3) is 0.200. The molecule has 0 amide bonds. The molecule has 0 unspecified atom stereocenters. The number of hydrogen-bond acceptors (Lipinski definition) is 3. The number of thiophene rings is 1. The van der Waals surface area contributed by atoms with Gasteiger partial charge < -0.3 is 11.5 Å². The van der Waals surface area contributed by atoms with Gasteiger partial charge in [-0.05, 0) is 22.4 Å². The van der Waals surface area contributed by atoms with Gasteiger partial charge in [-0.2, -0.15) is 0 Å². The molecule has 4 N–H and O–H groups in total. The molecule has 0 spiro atoms. The van der Waals surface area contributed by atoms with Gasteiger partial charge in [0.1, 0.15) is 0 Å². The van der Waals surface area contributed by atoms with Crippen molar-refractivity contribution in [1.82, 2.24) is 0 Å². The van der Waals surface area contributed by atoms with E-state index in [1.807, 2.05) is 12.1 Å².